The molecule has 0 aliphatic carbocycles. The van der Waals surface area contributed by atoms with Crippen LogP contribution in [0.15, 0.2) is 15.9 Å². The van der Waals surface area contributed by atoms with Crippen LogP contribution in [-0.2, 0) is 4.74 Å². The van der Waals surface area contributed by atoms with Gasteiger partial charge in [-0.3, -0.25) is 0 Å². The van der Waals surface area contributed by atoms with Crippen LogP contribution in [0.1, 0.15) is 30.7 Å². The molecule has 2 unspecified atom stereocenters. The lowest BCUT2D eigenvalue weighted by Crippen LogP contribution is -2.37. The number of hydrogen-bond donors (Lipinski definition) is 1. The minimum Gasteiger partial charge on any atom is -0.373 e. The van der Waals surface area contributed by atoms with E-state index in [1.165, 1.54) is 4.88 Å². The Hall–Kier alpha value is 0.1000. The lowest BCUT2D eigenvalue weighted by molar-refractivity contribution is -0.000864. The molecule has 0 amide bonds. The molecule has 78 valence electrons. The summed E-state index contributed by atoms with van der Waals surface area (Å²) in [4.78, 5) is 1.20. The van der Waals surface area contributed by atoms with Crippen molar-refractivity contribution >= 4 is 27.3 Å². The quantitative estimate of drug-likeness (QED) is 0.901. The molecule has 2 heterocycles. The first-order valence-electron chi connectivity index (χ1n) is 4.76. The summed E-state index contributed by atoms with van der Waals surface area (Å²) < 4.78 is 6.86. The van der Waals surface area contributed by atoms with Gasteiger partial charge in [0.05, 0.1) is 15.4 Å². The van der Waals surface area contributed by atoms with Crippen molar-refractivity contribution in [3.05, 3.63) is 20.8 Å². The molecule has 1 aliphatic heterocycles. The third kappa shape index (κ3) is 1.89. The van der Waals surface area contributed by atoms with E-state index in [9.17, 15) is 0 Å². The number of thiophene rings is 1. The normalized spacial score (nSPS) is 29.4. The predicted octanol–water partition coefficient (Wildman–Crippen LogP) is 3.08. The summed E-state index contributed by atoms with van der Waals surface area (Å²) in [6.45, 7) is 2.95. The van der Waals surface area contributed by atoms with Crippen LogP contribution >= 0.6 is 27.3 Å². The Kier molecular flexibility index (Phi) is 2.98. The maximum Gasteiger partial charge on any atom is 0.0855 e. The number of halogens is 1. The third-order valence-electron chi connectivity index (χ3n) is 2.81. The average molecular weight is 276 g/mol. The summed E-state index contributed by atoms with van der Waals surface area (Å²) >= 11 is 5.14. The van der Waals surface area contributed by atoms with Crippen LogP contribution in [-0.4, -0.2) is 12.2 Å². The van der Waals surface area contributed by atoms with E-state index in [1.54, 1.807) is 11.3 Å². The second-order valence-corrected chi connectivity index (χ2v) is 6.38. The first kappa shape index (κ1) is 10.6. The van der Waals surface area contributed by atoms with Crippen molar-refractivity contribution in [3.8, 4) is 0 Å². The van der Waals surface area contributed by atoms with Crippen molar-refractivity contribution in [3.63, 3.8) is 0 Å². The monoisotopic (exact) mass is 275 g/mol. The highest BCUT2D eigenvalue weighted by Gasteiger charge is 2.37. The zero-order valence-corrected chi connectivity index (χ0v) is 10.5. The van der Waals surface area contributed by atoms with Gasteiger partial charge in [0.1, 0.15) is 0 Å². The smallest absolute Gasteiger partial charge is 0.0855 e. The molecular weight excluding hydrogens is 262 g/mol. The number of ether oxygens (including phenoxy) is 1. The minimum atomic E-state index is -0.162. The summed E-state index contributed by atoms with van der Waals surface area (Å²) in [5.41, 5.74) is 6.05. The lowest BCUT2D eigenvalue weighted by Gasteiger charge is -2.29. The second kappa shape index (κ2) is 3.93. The molecule has 2 N–H and O–H groups in total. The topological polar surface area (TPSA) is 35.2 Å². The molecule has 2 rings (SSSR count). The maximum atomic E-state index is 6.21. The van der Waals surface area contributed by atoms with E-state index in [0.717, 1.165) is 23.2 Å². The van der Waals surface area contributed by atoms with Gasteiger partial charge in [-0.25, -0.2) is 0 Å². The fourth-order valence-electron chi connectivity index (χ4n) is 1.84. The third-order valence-corrected chi connectivity index (χ3v) is 4.51. The number of rotatable bonds is 2. The van der Waals surface area contributed by atoms with Crippen molar-refractivity contribution in [1.82, 2.24) is 0 Å². The lowest BCUT2D eigenvalue weighted by atomic mass is 9.93. The number of hydrogen-bond acceptors (Lipinski definition) is 3. The molecule has 14 heavy (non-hydrogen) atoms. The van der Waals surface area contributed by atoms with Gasteiger partial charge in [-0.2, -0.15) is 0 Å². The summed E-state index contributed by atoms with van der Waals surface area (Å²) in [6.07, 6.45) is 2.18. The fourth-order valence-corrected chi connectivity index (χ4v) is 3.41. The van der Waals surface area contributed by atoms with Crippen molar-refractivity contribution in [1.29, 1.82) is 0 Å². The van der Waals surface area contributed by atoms with Crippen LogP contribution in [0.5, 0.6) is 0 Å². The SMILES string of the molecule is CC1(C(N)c2ccc(Br)s2)CCCO1. The molecule has 2 atom stereocenters. The maximum absolute atomic E-state index is 6.21. The first-order chi connectivity index (χ1) is 6.62. The van der Waals surface area contributed by atoms with Gasteiger partial charge in [0.2, 0.25) is 0 Å². The van der Waals surface area contributed by atoms with Crippen LogP contribution in [0, 0.1) is 0 Å². The Morgan fingerprint density at radius 2 is 2.43 bits per heavy atom. The predicted molar refractivity (Wildman–Crippen MR) is 62.5 cm³/mol. The van der Waals surface area contributed by atoms with E-state index in [-0.39, 0.29) is 11.6 Å². The zero-order valence-electron chi connectivity index (χ0n) is 8.13. The molecule has 0 spiro atoms. The molecule has 1 saturated heterocycles. The van der Waals surface area contributed by atoms with Crippen molar-refractivity contribution < 1.29 is 4.74 Å². The van der Waals surface area contributed by atoms with Crippen LogP contribution < -0.4 is 5.73 Å². The Morgan fingerprint density at radius 1 is 1.64 bits per heavy atom. The van der Waals surface area contributed by atoms with Gasteiger partial charge in [-0.05, 0) is 47.8 Å². The highest BCUT2D eigenvalue weighted by atomic mass is 79.9. The van der Waals surface area contributed by atoms with Crippen LogP contribution in [0.25, 0.3) is 0 Å². The summed E-state index contributed by atoms with van der Waals surface area (Å²) in [7, 11) is 0. The van der Waals surface area contributed by atoms with Crippen molar-refractivity contribution in [2.75, 3.05) is 6.61 Å². The second-order valence-electron chi connectivity index (χ2n) is 3.88. The molecule has 0 saturated carbocycles. The molecule has 1 aromatic heterocycles. The molecule has 0 aromatic carbocycles. The van der Waals surface area contributed by atoms with Crippen molar-refractivity contribution in [2.45, 2.75) is 31.4 Å². The molecule has 0 bridgehead atoms. The van der Waals surface area contributed by atoms with Gasteiger partial charge in [-0.1, -0.05) is 0 Å². The minimum absolute atomic E-state index is 0.00120. The van der Waals surface area contributed by atoms with E-state index >= 15 is 0 Å². The zero-order chi connectivity index (χ0) is 10.2. The van der Waals surface area contributed by atoms with Gasteiger partial charge in [0.15, 0.2) is 0 Å². The number of nitrogens with two attached hydrogens (primary N) is 1. The Labute approximate surface area is 96.6 Å². The van der Waals surface area contributed by atoms with E-state index in [1.807, 2.05) is 6.07 Å². The van der Waals surface area contributed by atoms with Gasteiger partial charge in [-0.15, -0.1) is 11.3 Å². The van der Waals surface area contributed by atoms with E-state index in [0.29, 0.717) is 0 Å². The summed E-state index contributed by atoms with van der Waals surface area (Å²) in [5.74, 6) is 0. The first-order valence-corrected chi connectivity index (χ1v) is 6.37. The Morgan fingerprint density at radius 3 is 2.93 bits per heavy atom. The van der Waals surface area contributed by atoms with E-state index in [4.69, 9.17) is 10.5 Å². The highest BCUT2D eigenvalue weighted by molar-refractivity contribution is 9.11. The Balaban J connectivity index is 2.18. The molecule has 1 aliphatic rings. The largest absolute Gasteiger partial charge is 0.373 e. The van der Waals surface area contributed by atoms with Gasteiger partial charge >= 0.3 is 0 Å². The van der Waals surface area contributed by atoms with Gasteiger partial charge in [0.25, 0.3) is 0 Å². The molecule has 1 aromatic rings. The molecule has 4 heteroatoms. The van der Waals surface area contributed by atoms with Crippen LogP contribution in [0.4, 0.5) is 0 Å². The summed E-state index contributed by atoms with van der Waals surface area (Å²) in [6, 6.07) is 4.12. The van der Waals surface area contributed by atoms with E-state index in [2.05, 4.69) is 28.9 Å². The van der Waals surface area contributed by atoms with Crippen LogP contribution in [0.2, 0.25) is 0 Å². The van der Waals surface area contributed by atoms with Gasteiger partial charge < -0.3 is 10.5 Å². The standard InChI is InChI=1S/C10H14BrNOS/c1-10(5-2-6-13-10)9(12)7-3-4-8(11)14-7/h3-4,9H,2,5-6,12H2,1H3. The Bertz CT molecular complexity index is 320. The van der Waals surface area contributed by atoms with E-state index < -0.39 is 0 Å². The molecule has 1 fully saturated rings. The van der Waals surface area contributed by atoms with Crippen molar-refractivity contribution in [2.24, 2.45) is 5.73 Å². The molecule has 0 radical (unpaired) electrons. The fraction of sp³-hybridized carbons (Fsp3) is 0.600. The highest BCUT2D eigenvalue weighted by Crippen LogP contribution is 2.38. The summed E-state index contributed by atoms with van der Waals surface area (Å²) in [5, 5.41) is 0. The van der Waals surface area contributed by atoms with Crippen LogP contribution in [0.3, 0.4) is 0 Å². The van der Waals surface area contributed by atoms with Gasteiger partial charge in [0, 0.05) is 11.5 Å². The average Bonchev–Trinajstić information content (AvgIpc) is 2.74. The molecular formula is C10H14BrNOS. The molecule has 2 nitrogen and oxygen atoms in total.